The smallest absolute Gasteiger partial charge is 0.314 e. The van der Waals surface area contributed by atoms with Crippen molar-refractivity contribution < 1.29 is 9.90 Å². The molecule has 1 heterocycles. The number of nitrogens with zero attached hydrogens (tertiary/aromatic N) is 1. The van der Waals surface area contributed by atoms with Gasteiger partial charge in [0.05, 0.1) is 6.10 Å². The Hall–Kier alpha value is -2.92. The average Bonchev–Trinajstić information content (AvgIpc) is 2.67. The maximum atomic E-state index is 11.9. The molecule has 1 unspecified atom stereocenters. The van der Waals surface area contributed by atoms with Gasteiger partial charge in [0.2, 0.25) is 0 Å². The number of amides is 2. The van der Waals surface area contributed by atoms with Crippen LogP contribution >= 0.6 is 0 Å². The Bertz CT molecular complexity index is 878. The normalized spacial score (nSPS) is 11.9. The summed E-state index contributed by atoms with van der Waals surface area (Å²) in [5, 5.41) is 18.0. The number of aliphatic hydroxyl groups excluding tert-OH is 1. The number of aryl methyl sites for hydroxylation is 1. The molecular formula is C21H23N3O2. The summed E-state index contributed by atoms with van der Waals surface area (Å²) in [4.78, 5) is 16.1. The van der Waals surface area contributed by atoms with E-state index in [9.17, 15) is 9.90 Å². The van der Waals surface area contributed by atoms with E-state index in [0.717, 1.165) is 27.6 Å². The number of fused-ring (bicyclic) bond motifs is 1. The Kier molecular flexibility index (Phi) is 5.81. The minimum atomic E-state index is -0.744. The van der Waals surface area contributed by atoms with E-state index < -0.39 is 6.10 Å². The van der Waals surface area contributed by atoms with Crippen LogP contribution in [0.15, 0.2) is 60.8 Å². The number of nitrogens with one attached hydrogen (secondary N) is 2. The molecule has 134 valence electrons. The Balaban J connectivity index is 1.44. The second kappa shape index (κ2) is 8.45. The minimum absolute atomic E-state index is 0.163. The zero-order valence-electron chi connectivity index (χ0n) is 14.8. The van der Waals surface area contributed by atoms with Crippen molar-refractivity contribution in [2.75, 3.05) is 13.1 Å². The molecule has 0 saturated carbocycles. The Morgan fingerprint density at radius 1 is 1.08 bits per heavy atom. The summed E-state index contributed by atoms with van der Waals surface area (Å²) in [5.74, 6) is 0. The summed E-state index contributed by atoms with van der Waals surface area (Å²) in [6, 6.07) is 17.5. The topological polar surface area (TPSA) is 74.2 Å². The molecule has 0 bridgehead atoms. The molecule has 0 aliphatic heterocycles. The van der Waals surface area contributed by atoms with E-state index >= 15 is 0 Å². The highest BCUT2D eigenvalue weighted by atomic mass is 16.3. The molecule has 0 radical (unpaired) electrons. The number of carbonyl (C=O) groups excluding carboxylic acids is 1. The Labute approximate surface area is 153 Å². The summed E-state index contributed by atoms with van der Waals surface area (Å²) in [7, 11) is 0. The maximum absolute atomic E-state index is 11.9. The van der Waals surface area contributed by atoms with Crippen molar-refractivity contribution in [2.45, 2.75) is 19.4 Å². The molecule has 0 fully saturated rings. The fourth-order valence-corrected chi connectivity index (χ4v) is 2.75. The molecule has 3 rings (SSSR count). The number of hydrogen-bond donors (Lipinski definition) is 3. The molecule has 0 aliphatic carbocycles. The molecule has 5 nitrogen and oxygen atoms in total. The first-order valence-corrected chi connectivity index (χ1v) is 8.72. The summed E-state index contributed by atoms with van der Waals surface area (Å²) >= 11 is 0. The van der Waals surface area contributed by atoms with Crippen LogP contribution < -0.4 is 10.6 Å². The lowest BCUT2D eigenvalue weighted by atomic mass is 10.0. The zero-order chi connectivity index (χ0) is 18.4. The first-order valence-electron chi connectivity index (χ1n) is 8.72. The second-order valence-corrected chi connectivity index (χ2v) is 6.32. The standard InChI is InChI=1S/C21H23N3O2/c1-15-6-7-16(13-23-15)10-11-22-21(26)24-14-20(25)19-9-8-17-4-2-3-5-18(17)12-19/h2-9,12-13,20,25H,10-11,14H2,1H3,(H2,22,24,26). The molecule has 2 aromatic carbocycles. The number of benzene rings is 2. The van der Waals surface area contributed by atoms with Crippen LogP contribution in [0.2, 0.25) is 0 Å². The quantitative estimate of drug-likeness (QED) is 0.640. The molecule has 0 saturated heterocycles. The fraction of sp³-hybridized carbons (Fsp3) is 0.238. The second-order valence-electron chi connectivity index (χ2n) is 6.32. The highest BCUT2D eigenvalue weighted by Crippen LogP contribution is 2.20. The van der Waals surface area contributed by atoms with Crippen molar-refractivity contribution in [2.24, 2.45) is 0 Å². The van der Waals surface area contributed by atoms with Gasteiger partial charge in [-0.2, -0.15) is 0 Å². The highest BCUT2D eigenvalue weighted by molar-refractivity contribution is 5.83. The van der Waals surface area contributed by atoms with Crippen molar-refractivity contribution in [1.82, 2.24) is 15.6 Å². The summed E-state index contributed by atoms with van der Waals surface area (Å²) < 4.78 is 0. The molecule has 1 aromatic heterocycles. The number of aromatic nitrogens is 1. The lowest BCUT2D eigenvalue weighted by Gasteiger charge is -2.14. The number of hydrogen-bond acceptors (Lipinski definition) is 3. The zero-order valence-corrected chi connectivity index (χ0v) is 14.8. The van der Waals surface area contributed by atoms with Gasteiger partial charge in [-0.25, -0.2) is 4.79 Å². The molecular weight excluding hydrogens is 326 g/mol. The van der Waals surface area contributed by atoms with E-state index in [1.54, 1.807) is 0 Å². The van der Waals surface area contributed by atoms with Gasteiger partial charge in [-0.3, -0.25) is 4.98 Å². The molecule has 5 heteroatoms. The van der Waals surface area contributed by atoms with Crippen LogP contribution in [0, 0.1) is 6.92 Å². The maximum Gasteiger partial charge on any atom is 0.314 e. The number of aliphatic hydroxyl groups is 1. The fourth-order valence-electron chi connectivity index (χ4n) is 2.75. The van der Waals surface area contributed by atoms with Crippen molar-refractivity contribution in [3.05, 3.63) is 77.6 Å². The van der Waals surface area contributed by atoms with Crippen LogP contribution in [0.5, 0.6) is 0 Å². The molecule has 3 aromatic rings. The Morgan fingerprint density at radius 3 is 2.65 bits per heavy atom. The van der Waals surface area contributed by atoms with Gasteiger partial charge in [-0.15, -0.1) is 0 Å². The van der Waals surface area contributed by atoms with E-state index in [0.29, 0.717) is 13.0 Å². The van der Waals surface area contributed by atoms with E-state index in [4.69, 9.17) is 0 Å². The third-order valence-corrected chi connectivity index (χ3v) is 4.29. The third-order valence-electron chi connectivity index (χ3n) is 4.29. The molecule has 1 atom stereocenters. The van der Waals surface area contributed by atoms with E-state index in [1.165, 1.54) is 0 Å². The van der Waals surface area contributed by atoms with Crippen molar-refractivity contribution in [1.29, 1.82) is 0 Å². The molecule has 26 heavy (non-hydrogen) atoms. The number of carbonyl (C=O) groups is 1. The summed E-state index contributed by atoms with van der Waals surface area (Å²) in [6.07, 6.45) is 1.79. The van der Waals surface area contributed by atoms with Crippen LogP contribution in [0.4, 0.5) is 4.79 Å². The summed E-state index contributed by atoms with van der Waals surface area (Å²) in [5.41, 5.74) is 2.84. The molecule has 2 amide bonds. The van der Waals surface area contributed by atoms with Crippen molar-refractivity contribution >= 4 is 16.8 Å². The number of rotatable bonds is 6. The highest BCUT2D eigenvalue weighted by Gasteiger charge is 2.10. The van der Waals surface area contributed by atoms with E-state index in [2.05, 4.69) is 15.6 Å². The van der Waals surface area contributed by atoms with E-state index in [1.807, 2.05) is 67.7 Å². The van der Waals surface area contributed by atoms with E-state index in [-0.39, 0.29) is 12.6 Å². The van der Waals surface area contributed by atoms with Crippen molar-refractivity contribution in [3.63, 3.8) is 0 Å². The van der Waals surface area contributed by atoms with Gasteiger partial charge >= 0.3 is 6.03 Å². The third kappa shape index (κ3) is 4.80. The van der Waals surface area contributed by atoms with Crippen LogP contribution in [0.3, 0.4) is 0 Å². The predicted octanol–water partition coefficient (Wildman–Crippen LogP) is 3.12. The first kappa shape index (κ1) is 17.9. The van der Waals surface area contributed by atoms with Gasteiger partial charge in [0, 0.05) is 25.0 Å². The van der Waals surface area contributed by atoms with Gasteiger partial charge in [0.1, 0.15) is 0 Å². The molecule has 0 aliphatic rings. The van der Waals surface area contributed by atoms with Crippen LogP contribution in [-0.4, -0.2) is 29.2 Å². The molecule has 0 spiro atoms. The lowest BCUT2D eigenvalue weighted by molar-refractivity contribution is 0.173. The largest absolute Gasteiger partial charge is 0.387 e. The van der Waals surface area contributed by atoms with Crippen molar-refractivity contribution in [3.8, 4) is 0 Å². The van der Waals surface area contributed by atoms with Gasteiger partial charge < -0.3 is 15.7 Å². The summed E-state index contributed by atoms with van der Waals surface area (Å²) in [6.45, 7) is 2.62. The average molecular weight is 349 g/mol. The monoisotopic (exact) mass is 349 g/mol. The number of urea groups is 1. The van der Waals surface area contributed by atoms with Crippen LogP contribution in [0.1, 0.15) is 22.9 Å². The van der Waals surface area contributed by atoms with Crippen LogP contribution in [-0.2, 0) is 6.42 Å². The molecule has 3 N–H and O–H groups in total. The first-order chi connectivity index (χ1) is 12.6. The lowest BCUT2D eigenvalue weighted by Crippen LogP contribution is -2.38. The SMILES string of the molecule is Cc1ccc(CCNC(=O)NCC(O)c2ccc3ccccc3c2)cn1. The van der Waals surface area contributed by atoms with Gasteiger partial charge in [-0.05, 0) is 47.4 Å². The predicted molar refractivity (Wildman–Crippen MR) is 103 cm³/mol. The van der Waals surface area contributed by atoms with Gasteiger partial charge in [0.25, 0.3) is 0 Å². The van der Waals surface area contributed by atoms with Gasteiger partial charge in [-0.1, -0.05) is 42.5 Å². The van der Waals surface area contributed by atoms with Gasteiger partial charge in [0.15, 0.2) is 0 Å². The minimum Gasteiger partial charge on any atom is -0.387 e. The number of pyridine rings is 1. The van der Waals surface area contributed by atoms with Crippen LogP contribution in [0.25, 0.3) is 10.8 Å². The Morgan fingerprint density at radius 2 is 1.88 bits per heavy atom.